The molecule has 0 bridgehead atoms. The number of amides is 3. The van der Waals surface area contributed by atoms with Crippen molar-refractivity contribution in [1.29, 1.82) is 0 Å². The first kappa shape index (κ1) is 22.7. The highest BCUT2D eigenvalue weighted by molar-refractivity contribution is 6.23. The summed E-state index contributed by atoms with van der Waals surface area (Å²) in [6.07, 6.45) is 7.09. The highest BCUT2D eigenvalue weighted by Gasteiger charge is 2.44. The molecule has 6 nitrogen and oxygen atoms in total. The van der Waals surface area contributed by atoms with Crippen LogP contribution in [0.5, 0.6) is 5.75 Å². The van der Waals surface area contributed by atoms with Gasteiger partial charge >= 0.3 is 0 Å². The second-order valence-corrected chi connectivity index (χ2v) is 8.35. The summed E-state index contributed by atoms with van der Waals surface area (Å²) in [4.78, 5) is 42.1. The van der Waals surface area contributed by atoms with Gasteiger partial charge in [0.1, 0.15) is 17.6 Å². The van der Waals surface area contributed by atoms with Crippen LogP contribution in [-0.4, -0.2) is 42.3 Å². The molecule has 2 aromatic carbocycles. The van der Waals surface area contributed by atoms with Gasteiger partial charge in [-0.3, -0.25) is 14.4 Å². The van der Waals surface area contributed by atoms with E-state index in [2.05, 4.69) is 6.08 Å². The monoisotopic (exact) mass is 450 g/mol. The molecule has 4 rings (SSSR count). The average Bonchev–Trinajstić information content (AvgIpc) is 3.14. The third-order valence-electron chi connectivity index (χ3n) is 6.24. The number of rotatable bonds is 7. The van der Waals surface area contributed by atoms with Gasteiger partial charge in [-0.1, -0.05) is 11.6 Å². The Hall–Kier alpha value is -3.48. The van der Waals surface area contributed by atoms with Crippen LogP contribution in [0.4, 0.5) is 10.1 Å². The van der Waals surface area contributed by atoms with Crippen molar-refractivity contribution in [1.82, 2.24) is 4.90 Å². The third-order valence-corrected chi connectivity index (χ3v) is 6.24. The molecule has 0 spiro atoms. The first-order valence-corrected chi connectivity index (χ1v) is 11.2. The molecule has 2 aromatic rings. The molecule has 1 aliphatic carbocycles. The van der Waals surface area contributed by atoms with Gasteiger partial charge in [0.25, 0.3) is 11.8 Å². The van der Waals surface area contributed by atoms with Crippen LogP contribution < -0.4 is 9.64 Å². The van der Waals surface area contributed by atoms with Gasteiger partial charge in [0, 0.05) is 12.1 Å². The van der Waals surface area contributed by atoms with Crippen molar-refractivity contribution in [3.63, 3.8) is 0 Å². The second kappa shape index (κ2) is 9.98. The van der Waals surface area contributed by atoms with E-state index in [0.29, 0.717) is 30.0 Å². The van der Waals surface area contributed by atoms with Gasteiger partial charge in [-0.05, 0) is 80.6 Å². The molecular formula is C26H27FN2O4. The molecule has 1 heterocycles. The molecule has 2 aliphatic rings. The minimum atomic E-state index is -0.902. The van der Waals surface area contributed by atoms with E-state index in [1.807, 2.05) is 0 Å². The van der Waals surface area contributed by atoms with Crippen molar-refractivity contribution < 1.29 is 23.5 Å². The third kappa shape index (κ3) is 4.97. The maximum absolute atomic E-state index is 13.5. The van der Waals surface area contributed by atoms with Gasteiger partial charge in [-0.15, -0.1) is 0 Å². The largest absolute Gasteiger partial charge is 0.497 e. The van der Waals surface area contributed by atoms with E-state index in [1.165, 1.54) is 41.2 Å². The van der Waals surface area contributed by atoms with E-state index < -0.39 is 23.7 Å². The molecule has 0 saturated carbocycles. The number of methoxy groups -OCH3 is 1. The predicted molar refractivity (Wildman–Crippen MR) is 122 cm³/mol. The molecule has 3 amide bonds. The highest BCUT2D eigenvalue weighted by Crippen LogP contribution is 2.28. The number of hydrogen-bond donors (Lipinski definition) is 0. The average molecular weight is 451 g/mol. The van der Waals surface area contributed by atoms with E-state index >= 15 is 0 Å². The Balaban J connectivity index is 1.60. The van der Waals surface area contributed by atoms with Crippen molar-refractivity contribution in [2.75, 3.05) is 18.6 Å². The van der Waals surface area contributed by atoms with Gasteiger partial charge in [0.05, 0.1) is 19.2 Å². The lowest BCUT2D eigenvalue weighted by Crippen LogP contribution is -2.46. The lowest BCUT2D eigenvalue weighted by Gasteiger charge is -2.28. The van der Waals surface area contributed by atoms with Crippen molar-refractivity contribution >= 4 is 23.4 Å². The maximum atomic E-state index is 13.5. The molecule has 1 saturated heterocycles. The predicted octanol–water partition coefficient (Wildman–Crippen LogP) is 4.50. The van der Waals surface area contributed by atoms with Crippen LogP contribution in [0.25, 0.3) is 0 Å². The van der Waals surface area contributed by atoms with E-state index in [0.717, 1.165) is 24.2 Å². The molecule has 33 heavy (non-hydrogen) atoms. The lowest BCUT2D eigenvalue weighted by atomic mass is 9.96. The smallest absolute Gasteiger partial charge is 0.257 e. The Morgan fingerprint density at radius 1 is 1.09 bits per heavy atom. The second-order valence-electron chi connectivity index (χ2n) is 8.35. The fraction of sp³-hybridized carbons (Fsp3) is 0.346. The molecule has 1 aliphatic heterocycles. The van der Waals surface area contributed by atoms with Gasteiger partial charge in [-0.25, -0.2) is 9.29 Å². The van der Waals surface area contributed by atoms with Gasteiger partial charge in [-0.2, -0.15) is 0 Å². The fourth-order valence-corrected chi connectivity index (χ4v) is 4.41. The first-order chi connectivity index (χ1) is 16.0. The number of halogens is 1. The number of benzene rings is 2. The number of imide groups is 1. The summed E-state index contributed by atoms with van der Waals surface area (Å²) < 4.78 is 18.5. The van der Waals surface area contributed by atoms with E-state index in [4.69, 9.17) is 4.74 Å². The van der Waals surface area contributed by atoms with Gasteiger partial charge in [0.15, 0.2) is 0 Å². The van der Waals surface area contributed by atoms with E-state index in [1.54, 1.807) is 31.4 Å². The number of allylic oxidation sites excluding steroid dienone is 1. The summed E-state index contributed by atoms with van der Waals surface area (Å²) in [7, 11) is 1.55. The van der Waals surface area contributed by atoms with Crippen LogP contribution in [0.3, 0.4) is 0 Å². The SMILES string of the molecule is COc1ccc(C(=O)N(CCC2=CCCCC2)C2CC(=O)N(c3ccc(F)cc3)C2=O)cc1. The highest BCUT2D eigenvalue weighted by atomic mass is 19.1. The Kier molecular flexibility index (Phi) is 6.87. The summed E-state index contributed by atoms with van der Waals surface area (Å²) in [5.41, 5.74) is 2.01. The maximum Gasteiger partial charge on any atom is 0.257 e. The summed E-state index contributed by atoms with van der Waals surface area (Å²) in [6.45, 7) is 0.345. The van der Waals surface area contributed by atoms with Crippen LogP contribution in [-0.2, 0) is 9.59 Å². The standard InChI is InChI=1S/C26H27FN2O4/c1-33-22-13-7-19(8-14-22)25(31)28(16-15-18-5-3-2-4-6-18)23-17-24(30)29(26(23)32)21-11-9-20(27)10-12-21/h5,7-14,23H,2-4,6,15-17H2,1H3. The fourth-order valence-electron chi connectivity index (χ4n) is 4.41. The number of carbonyl (C=O) groups is 3. The zero-order valence-corrected chi connectivity index (χ0v) is 18.6. The van der Waals surface area contributed by atoms with E-state index in [9.17, 15) is 18.8 Å². The van der Waals surface area contributed by atoms with Crippen molar-refractivity contribution in [3.8, 4) is 5.75 Å². The minimum absolute atomic E-state index is 0.100. The topological polar surface area (TPSA) is 66.9 Å². The summed E-state index contributed by atoms with van der Waals surface area (Å²) in [5, 5.41) is 0. The normalized spacial score (nSPS) is 18.3. The molecule has 172 valence electrons. The molecule has 1 atom stereocenters. The Bertz CT molecular complexity index is 1060. The van der Waals surface area contributed by atoms with Crippen LogP contribution in [0.2, 0.25) is 0 Å². The minimum Gasteiger partial charge on any atom is -0.497 e. The zero-order chi connectivity index (χ0) is 23.4. The molecule has 0 aromatic heterocycles. The van der Waals surface area contributed by atoms with Crippen LogP contribution >= 0.6 is 0 Å². The van der Waals surface area contributed by atoms with Crippen molar-refractivity contribution in [2.45, 2.75) is 44.6 Å². The lowest BCUT2D eigenvalue weighted by molar-refractivity contribution is -0.122. The van der Waals surface area contributed by atoms with E-state index in [-0.39, 0.29) is 12.3 Å². The Morgan fingerprint density at radius 3 is 2.45 bits per heavy atom. The number of ether oxygens (including phenoxy) is 1. The molecule has 7 heteroatoms. The molecule has 0 N–H and O–H groups in total. The summed E-state index contributed by atoms with van der Waals surface area (Å²) in [5.74, 6) is -1.00. The van der Waals surface area contributed by atoms with Gasteiger partial charge in [0.2, 0.25) is 5.91 Å². The van der Waals surface area contributed by atoms with Crippen molar-refractivity contribution in [3.05, 3.63) is 71.6 Å². The van der Waals surface area contributed by atoms with Crippen LogP contribution in [0, 0.1) is 5.82 Å². The van der Waals surface area contributed by atoms with Crippen molar-refractivity contribution in [2.24, 2.45) is 0 Å². The first-order valence-electron chi connectivity index (χ1n) is 11.2. The quantitative estimate of drug-likeness (QED) is 0.460. The van der Waals surface area contributed by atoms with Crippen LogP contribution in [0.15, 0.2) is 60.2 Å². The molecule has 1 fully saturated rings. The summed E-state index contributed by atoms with van der Waals surface area (Å²) >= 11 is 0. The van der Waals surface area contributed by atoms with Gasteiger partial charge < -0.3 is 9.64 Å². The number of carbonyl (C=O) groups excluding carboxylic acids is 3. The summed E-state index contributed by atoms with van der Waals surface area (Å²) in [6, 6.07) is 11.0. The number of hydrogen-bond acceptors (Lipinski definition) is 4. The number of anilines is 1. The Labute approximate surface area is 192 Å². The molecular weight excluding hydrogens is 423 g/mol. The van der Waals surface area contributed by atoms with Crippen LogP contribution in [0.1, 0.15) is 48.9 Å². The number of nitrogens with zero attached hydrogens (tertiary/aromatic N) is 2. The molecule has 0 radical (unpaired) electrons. The zero-order valence-electron chi connectivity index (χ0n) is 18.6. The Morgan fingerprint density at radius 2 is 1.82 bits per heavy atom. The molecule has 1 unspecified atom stereocenters.